The first kappa shape index (κ1) is 12.7. The summed E-state index contributed by atoms with van der Waals surface area (Å²) in [6.45, 7) is 1.70. The van der Waals surface area contributed by atoms with E-state index in [9.17, 15) is 5.11 Å². The van der Waals surface area contributed by atoms with E-state index in [1.807, 2.05) is 42.5 Å². The summed E-state index contributed by atoms with van der Waals surface area (Å²) in [5.41, 5.74) is 3.99. The first-order chi connectivity index (χ1) is 9.67. The van der Waals surface area contributed by atoms with Crippen LogP contribution in [0.4, 0.5) is 0 Å². The summed E-state index contributed by atoms with van der Waals surface area (Å²) in [6.07, 6.45) is -0.591. The quantitative estimate of drug-likeness (QED) is 0.766. The summed E-state index contributed by atoms with van der Waals surface area (Å²) in [4.78, 5) is 7.49. The summed E-state index contributed by atoms with van der Waals surface area (Å²) >= 11 is 0. The highest BCUT2D eigenvalue weighted by Crippen LogP contribution is 2.26. The van der Waals surface area contributed by atoms with Crippen molar-refractivity contribution in [1.29, 1.82) is 0 Å². The fraction of sp³-hybridized carbons (Fsp3) is 0.188. The van der Waals surface area contributed by atoms with Gasteiger partial charge in [0, 0.05) is 0 Å². The van der Waals surface area contributed by atoms with Gasteiger partial charge >= 0.3 is 0 Å². The predicted octanol–water partition coefficient (Wildman–Crippen LogP) is 3.29. The number of fused-ring (bicyclic) bond motifs is 1. The van der Waals surface area contributed by atoms with Crippen molar-refractivity contribution in [3.05, 3.63) is 48.3 Å². The van der Waals surface area contributed by atoms with E-state index in [0.717, 1.165) is 27.9 Å². The lowest BCUT2D eigenvalue weighted by molar-refractivity contribution is 0.190. The normalized spacial score (nSPS) is 12.6. The van der Waals surface area contributed by atoms with Gasteiger partial charge in [0.1, 0.15) is 17.7 Å². The van der Waals surface area contributed by atoms with Crippen LogP contribution in [0.3, 0.4) is 0 Å². The molecule has 2 N–H and O–H groups in total. The molecule has 3 rings (SSSR count). The Morgan fingerprint density at radius 2 is 1.80 bits per heavy atom. The molecular weight excluding hydrogens is 252 g/mol. The van der Waals surface area contributed by atoms with E-state index in [4.69, 9.17) is 4.74 Å². The third-order valence-electron chi connectivity index (χ3n) is 3.32. The Bertz CT molecular complexity index is 730. The number of aliphatic hydroxyl groups excluding tert-OH is 1. The lowest BCUT2D eigenvalue weighted by Gasteiger charge is -2.03. The Morgan fingerprint density at radius 3 is 2.45 bits per heavy atom. The van der Waals surface area contributed by atoms with Crippen molar-refractivity contribution in [3.8, 4) is 16.9 Å². The lowest BCUT2D eigenvalue weighted by atomic mass is 10.1. The molecule has 0 aliphatic rings. The molecule has 4 heteroatoms. The van der Waals surface area contributed by atoms with Crippen LogP contribution in [0.5, 0.6) is 5.75 Å². The highest BCUT2D eigenvalue weighted by Gasteiger charge is 2.08. The maximum absolute atomic E-state index is 9.56. The zero-order chi connectivity index (χ0) is 14.1. The third-order valence-corrected chi connectivity index (χ3v) is 3.32. The highest BCUT2D eigenvalue weighted by molar-refractivity contribution is 5.82. The molecule has 102 valence electrons. The van der Waals surface area contributed by atoms with Gasteiger partial charge in [-0.05, 0) is 42.3 Å². The second-order valence-corrected chi connectivity index (χ2v) is 4.76. The number of hydrogen-bond donors (Lipinski definition) is 2. The number of benzene rings is 2. The number of aromatic amines is 1. The molecule has 0 fully saturated rings. The van der Waals surface area contributed by atoms with Crippen molar-refractivity contribution in [2.75, 3.05) is 7.11 Å². The number of aromatic nitrogens is 2. The van der Waals surface area contributed by atoms with Crippen LogP contribution in [0.25, 0.3) is 22.2 Å². The molecule has 1 aromatic heterocycles. The van der Waals surface area contributed by atoms with E-state index in [0.29, 0.717) is 5.82 Å². The summed E-state index contributed by atoms with van der Waals surface area (Å²) in [6, 6.07) is 13.9. The number of ether oxygens (including phenoxy) is 1. The number of rotatable bonds is 3. The molecule has 0 saturated carbocycles. The summed E-state index contributed by atoms with van der Waals surface area (Å²) in [7, 11) is 1.66. The molecule has 0 bridgehead atoms. The van der Waals surface area contributed by atoms with Crippen molar-refractivity contribution in [3.63, 3.8) is 0 Å². The standard InChI is InChI=1S/C16H16N2O2/c1-10(19)16-17-14-8-5-12(9-15(14)18-16)11-3-6-13(20-2)7-4-11/h3-10,19H,1-2H3,(H,17,18)/t10-/m0/s1. The number of imidazole rings is 1. The SMILES string of the molecule is COc1ccc(-c2ccc3nc([C@H](C)O)[nH]c3c2)cc1. The van der Waals surface area contributed by atoms with Crippen molar-refractivity contribution in [2.45, 2.75) is 13.0 Å². The van der Waals surface area contributed by atoms with Crippen LogP contribution in [-0.2, 0) is 0 Å². The average Bonchev–Trinajstić information content (AvgIpc) is 2.90. The van der Waals surface area contributed by atoms with Gasteiger partial charge in [-0.3, -0.25) is 0 Å². The summed E-state index contributed by atoms with van der Waals surface area (Å²) in [5.74, 6) is 1.43. The predicted molar refractivity (Wildman–Crippen MR) is 78.7 cm³/mol. The first-order valence-corrected chi connectivity index (χ1v) is 6.49. The fourth-order valence-corrected chi connectivity index (χ4v) is 2.19. The maximum Gasteiger partial charge on any atom is 0.135 e. The fourth-order valence-electron chi connectivity index (χ4n) is 2.19. The number of H-pyrrole nitrogens is 1. The molecule has 2 aromatic carbocycles. The Morgan fingerprint density at radius 1 is 1.10 bits per heavy atom. The number of hydrogen-bond acceptors (Lipinski definition) is 3. The molecule has 4 nitrogen and oxygen atoms in total. The topological polar surface area (TPSA) is 58.1 Å². The number of methoxy groups -OCH3 is 1. The molecule has 0 aliphatic carbocycles. The Balaban J connectivity index is 2.02. The van der Waals surface area contributed by atoms with Crippen molar-refractivity contribution >= 4 is 11.0 Å². The van der Waals surface area contributed by atoms with Crippen LogP contribution in [0.2, 0.25) is 0 Å². The van der Waals surface area contributed by atoms with Crippen LogP contribution < -0.4 is 4.74 Å². The van der Waals surface area contributed by atoms with Crippen molar-refractivity contribution < 1.29 is 9.84 Å². The van der Waals surface area contributed by atoms with Gasteiger partial charge < -0.3 is 14.8 Å². The monoisotopic (exact) mass is 268 g/mol. The maximum atomic E-state index is 9.56. The van der Waals surface area contributed by atoms with Crippen LogP contribution >= 0.6 is 0 Å². The Kier molecular flexibility index (Phi) is 3.16. The van der Waals surface area contributed by atoms with E-state index in [2.05, 4.69) is 9.97 Å². The molecule has 0 unspecified atom stereocenters. The number of nitrogens with one attached hydrogen (secondary N) is 1. The Labute approximate surface area is 117 Å². The van der Waals surface area contributed by atoms with E-state index in [-0.39, 0.29) is 0 Å². The van der Waals surface area contributed by atoms with E-state index in [1.165, 1.54) is 0 Å². The second-order valence-electron chi connectivity index (χ2n) is 4.76. The zero-order valence-corrected chi connectivity index (χ0v) is 11.4. The minimum atomic E-state index is -0.591. The van der Waals surface area contributed by atoms with Crippen molar-refractivity contribution in [2.24, 2.45) is 0 Å². The minimum Gasteiger partial charge on any atom is -0.497 e. The second kappa shape index (κ2) is 4.98. The van der Waals surface area contributed by atoms with Gasteiger partial charge in [0.05, 0.1) is 18.1 Å². The minimum absolute atomic E-state index is 0.590. The van der Waals surface area contributed by atoms with Gasteiger partial charge in [-0.1, -0.05) is 18.2 Å². The van der Waals surface area contributed by atoms with Gasteiger partial charge in [0.2, 0.25) is 0 Å². The molecule has 1 heterocycles. The van der Waals surface area contributed by atoms with E-state index < -0.39 is 6.10 Å². The smallest absolute Gasteiger partial charge is 0.135 e. The molecule has 0 saturated heterocycles. The molecule has 0 aliphatic heterocycles. The highest BCUT2D eigenvalue weighted by atomic mass is 16.5. The molecule has 0 radical (unpaired) electrons. The van der Waals surface area contributed by atoms with Gasteiger partial charge in [-0.2, -0.15) is 0 Å². The number of aliphatic hydroxyl groups is 1. The van der Waals surface area contributed by atoms with E-state index in [1.54, 1.807) is 14.0 Å². The lowest BCUT2D eigenvalue weighted by Crippen LogP contribution is -1.92. The van der Waals surface area contributed by atoms with Gasteiger partial charge in [-0.15, -0.1) is 0 Å². The van der Waals surface area contributed by atoms with Crippen LogP contribution in [0, 0.1) is 0 Å². The summed E-state index contributed by atoms with van der Waals surface area (Å²) in [5, 5.41) is 9.56. The van der Waals surface area contributed by atoms with Gasteiger partial charge in [-0.25, -0.2) is 4.98 Å². The first-order valence-electron chi connectivity index (χ1n) is 6.49. The van der Waals surface area contributed by atoms with Crippen LogP contribution in [0.15, 0.2) is 42.5 Å². The molecule has 0 amide bonds. The van der Waals surface area contributed by atoms with Gasteiger partial charge in [0.25, 0.3) is 0 Å². The summed E-state index contributed by atoms with van der Waals surface area (Å²) < 4.78 is 5.16. The molecule has 20 heavy (non-hydrogen) atoms. The van der Waals surface area contributed by atoms with Crippen LogP contribution in [-0.4, -0.2) is 22.2 Å². The Hall–Kier alpha value is -2.33. The van der Waals surface area contributed by atoms with Gasteiger partial charge in [0.15, 0.2) is 0 Å². The molecular formula is C16H16N2O2. The molecule has 3 aromatic rings. The average molecular weight is 268 g/mol. The number of nitrogens with zero attached hydrogens (tertiary/aromatic N) is 1. The third kappa shape index (κ3) is 2.26. The van der Waals surface area contributed by atoms with Crippen molar-refractivity contribution in [1.82, 2.24) is 9.97 Å². The van der Waals surface area contributed by atoms with Crippen LogP contribution in [0.1, 0.15) is 18.9 Å². The molecule has 1 atom stereocenters. The largest absolute Gasteiger partial charge is 0.497 e. The molecule has 0 spiro atoms. The zero-order valence-electron chi connectivity index (χ0n) is 11.4. The van der Waals surface area contributed by atoms with E-state index >= 15 is 0 Å².